The maximum Gasteiger partial charge on any atom is 0.416 e. The van der Waals surface area contributed by atoms with Gasteiger partial charge in [0.2, 0.25) is 10.0 Å². The van der Waals surface area contributed by atoms with E-state index in [4.69, 9.17) is 0 Å². The molecule has 1 N–H and O–H groups in total. The van der Waals surface area contributed by atoms with Crippen molar-refractivity contribution < 1.29 is 21.6 Å². The first-order valence-electron chi connectivity index (χ1n) is 8.25. The number of nitrogens with zero attached hydrogens (tertiary/aromatic N) is 2. The van der Waals surface area contributed by atoms with Crippen LogP contribution in [-0.4, -0.2) is 52.1 Å². The molecule has 2 rings (SSSR count). The molecule has 0 saturated carbocycles. The van der Waals surface area contributed by atoms with Crippen LogP contribution in [0.4, 0.5) is 18.9 Å². The minimum atomic E-state index is -4.60. The smallest absolute Gasteiger partial charge is 0.368 e. The van der Waals surface area contributed by atoms with E-state index in [2.05, 4.69) is 9.62 Å². The summed E-state index contributed by atoms with van der Waals surface area (Å²) in [4.78, 5) is 3.73. The number of sulfonamides is 1. The number of likely N-dealkylation sites (N-methyl/N-ethyl adjacent to an activating group) is 1. The van der Waals surface area contributed by atoms with Crippen molar-refractivity contribution in [2.75, 3.05) is 37.6 Å². The molecule has 0 aliphatic carbocycles. The van der Waals surface area contributed by atoms with Gasteiger partial charge in [-0.05, 0) is 38.6 Å². The van der Waals surface area contributed by atoms with E-state index in [9.17, 15) is 21.6 Å². The van der Waals surface area contributed by atoms with E-state index in [1.807, 2.05) is 11.8 Å². The maximum atomic E-state index is 13.1. The summed E-state index contributed by atoms with van der Waals surface area (Å²) in [6.07, 6.45) is -4.60. The van der Waals surface area contributed by atoms with Crippen molar-refractivity contribution in [1.29, 1.82) is 0 Å². The monoisotopic (exact) mass is 379 g/mol. The van der Waals surface area contributed by atoms with Crippen LogP contribution in [0.5, 0.6) is 0 Å². The highest BCUT2D eigenvalue weighted by Gasteiger charge is 2.34. The van der Waals surface area contributed by atoms with Crippen LogP contribution in [0.3, 0.4) is 0 Å². The summed E-state index contributed by atoms with van der Waals surface area (Å²) < 4.78 is 66.7. The zero-order chi connectivity index (χ0) is 18.8. The van der Waals surface area contributed by atoms with Gasteiger partial charge < -0.3 is 9.80 Å². The lowest BCUT2D eigenvalue weighted by molar-refractivity contribution is -0.137. The van der Waals surface area contributed by atoms with Crippen molar-refractivity contribution in [2.45, 2.75) is 37.9 Å². The molecule has 0 aromatic heterocycles. The van der Waals surface area contributed by atoms with Crippen LogP contribution in [0.2, 0.25) is 0 Å². The number of alkyl halides is 3. The Labute approximate surface area is 146 Å². The Morgan fingerprint density at radius 2 is 1.76 bits per heavy atom. The second-order valence-electron chi connectivity index (χ2n) is 6.38. The van der Waals surface area contributed by atoms with Crippen molar-refractivity contribution in [3.8, 4) is 0 Å². The summed E-state index contributed by atoms with van der Waals surface area (Å²) in [5.41, 5.74) is -0.649. The fourth-order valence-electron chi connectivity index (χ4n) is 2.85. The molecule has 0 spiro atoms. The van der Waals surface area contributed by atoms with Gasteiger partial charge in [-0.1, -0.05) is 6.92 Å². The van der Waals surface area contributed by atoms with E-state index in [1.165, 1.54) is 6.07 Å². The third-order valence-electron chi connectivity index (χ3n) is 4.13. The highest BCUT2D eigenvalue weighted by molar-refractivity contribution is 7.89. The van der Waals surface area contributed by atoms with Gasteiger partial charge in [-0.2, -0.15) is 13.2 Å². The molecular formula is C16H24F3N3O2S. The van der Waals surface area contributed by atoms with Crippen molar-refractivity contribution in [3.05, 3.63) is 23.8 Å². The quantitative estimate of drug-likeness (QED) is 0.854. The number of rotatable bonds is 5. The second-order valence-corrected chi connectivity index (χ2v) is 8.06. The van der Waals surface area contributed by atoms with Crippen LogP contribution < -0.4 is 9.62 Å². The van der Waals surface area contributed by atoms with E-state index in [1.54, 1.807) is 13.8 Å². The molecule has 1 saturated heterocycles. The van der Waals surface area contributed by atoms with Gasteiger partial charge in [0.1, 0.15) is 4.90 Å². The minimum Gasteiger partial charge on any atom is -0.368 e. The Balaban J connectivity index is 2.45. The lowest BCUT2D eigenvalue weighted by Gasteiger charge is -2.36. The predicted octanol–water partition coefficient (Wildman–Crippen LogP) is 2.53. The molecule has 25 heavy (non-hydrogen) atoms. The molecule has 5 nitrogen and oxygen atoms in total. The van der Waals surface area contributed by atoms with Crippen molar-refractivity contribution >= 4 is 15.7 Å². The van der Waals surface area contributed by atoms with Crippen molar-refractivity contribution in [3.63, 3.8) is 0 Å². The molecular weight excluding hydrogens is 355 g/mol. The van der Waals surface area contributed by atoms with E-state index >= 15 is 0 Å². The van der Waals surface area contributed by atoms with E-state index in [-0.39, 0.29) is 4.90 Å². The lowest BCUT2D eigenvalue weighted by atomic mass is 10.1. The van der Waals surface area contributed by atoms with Crippen LogP contribution in [-0.2, 0) is 16.2 Å². The number of benzene rings is 1. The molecule has 0 atom stereocenters. The van der Waals surface area contributed by atoms with Gasteiger partial charge in [-0.15, -0.1) is 0 Å². The molecule has 1 aliphatic rings. The SMILES string of the molecule is CCN1CCN(c2ccc(C(F)(F)F)cc2S(=O)(=O)NC(C)C)CC1. The minimum absolute atomic E-state index is 0.317. The molecule has 0 bridgehead atoms. The summed E-state index contributed by atoms with van der Waals surface area (Å²) in [5.74, 6) is 0. The number of piperazine rings is 1. The molecule has 0 unspecified atom stereocenters. The fraction of sp³-hybridized carbons (Fsp3) is 0.625. The van der Waals surface area contributed by atoms with E-state index in [0.717, 1.165) is 31.8 Å². The average molecular weight is 379 g/mol. The number of halogens is 3. The topological polar surface area (TPSA) is 52.7 Å². The first-order chi connectivity index (χ1) is 11.5. The lowest BCUT2D eigenvalue weighted by Crippen LogP contribution is -2.46. The van der Waals surface area contributed by atoms with Gasteiger partial charge in [0, 0.05) is 32.2 Å². The molecule has 1 fully saturated rings. The van der Waals surface area contributed by atoms with Gasteiger partial charge in [0.15, 0.2) is 0 Å². The Kier molecular flexibility index (Phi) is 6.01. The fourth-order valence-corrected chi connectivity index (χ4v) is 4.35. The molecule has 1 aliphatic heterocycles. The van der Waals surface area contributed by atoms with Crippen LogP contribution in [0.25, 0.3) is 0 Å². The standard InChI is InChI=1S/C16H24F3N3O2S/c1-4-21-7-9-22(10-8-21)14-6-5-13(16(17,18)19)11-15(14)25(23,24)20-12(2)3/h5-6,11-12,20H,4,7-10H2,1-3H3. The van der Waals surface area contributed by atoms with Gasteiger partial charge in [0.25, 0.3) is 0 Å². The molecule has 142 valence electrons. The number of hydrogen-bond donors (Lipinski definition) is 1. The first-order valence-corrected chi connectivity index (χ1v) is 9.73. The number of hydrogen-bond acceptors (Lipinski definition) is 4. The van der Waals surface area contributed by atoms with E-state index < -0.39 is 27.8 Å². The molecule has 9 heteroatoms. The third kappa shape index (κ3) is 4.86. The number of anilines is 1. The van der Waals surface area contributed by atoms with Gasteiger partial charge >= 0.3 is 6.18 Å². The molecule has 0 amide bonds. The third-order valence-corrected chi connectivity index (χ3v) is 5.82. The Bertz CT molecular complexity index is 697. The highest BCUT2D eigenvalue weighted by Crippen LogP contribution is 2.35. The maximum absolute atomic E-state index is 13.1. The highest BCUT2D eigenvalue weighted by atomic mass is 32.2. The Morgan fingerprint density at radius 1 is 1.16 bits per heavy atom. The zero-order valence-corrected chi connectivity index (χ0v) is 15.4. The van der Waals surface area contributed by atoms with Crippen LogP contribution in [0.15, 0.2) is 23.1 Å². The second kappa shape index (κ2) is 7.51. The Hall–Kier alpha value is -1.32. The summed E-state index contributed by atoms with van der Waals surface area (Å²) in [7, 11) is -4.05. The molecule has 1 aromatic carbocycles. The average Bonchev–Trinajstić information content (AvgIpc) is 2.52. The molecule has 1 heterocycles. The summed E-state index contributed by atoms with van der Waals surface area (Å²) in [6.45, 7) is 8.82. The summed E-state index contributed by atoms with van der Waals surface area (Å²) in [6, 6.07) is 2.52. The molecule has 1 aromatic rings. The van der Waals surface area contributed by atoms with Crippen LogP contribution >= 0.6 is 0 Å². The van der Waals surface area contributed by atoms with Gasteiger partial charge in [-0.3, -0.25) is 0 Å². The van der Waals surface area contributed by atoms with Gasteiger partial charge in [-0.25, -0.2) is 13.1 Å². The normalized spacial score (nSPS) is 17.3. The zero-order valence-electron chi connectivity index (χ0n) is 14.6. The number of nitrogens with one attached hydrogen (secondary N) is 1. The van der Waals surface area contributed by atoms with Crippen molar-refractivity contribution in [2.24, 2.45) is 0 Å². The largest absolute Gasteiger partial charge is 0.416 e. The van der Waals surface area contributed by atoms with Gasteiger partial charge in [0.05, 0.1) is 11.3 Å². The molecule has 0 radical (unpaired) electrons. The summed E-state index contributed by atoms with van der Waals surface area (Å²) in [5, 5.41) is 0. The van der Waals surface area contributed by atoms with E-state index in [0.29, 0.717) is 18.8 Å². The van der Waals surface area contributed by atoms with Crippen molar-refractivity contribution in [1.82, 2.24) is 9.62 Å². The van der Waals surface area contributed by atoms with Crippen LogP contribution in [0.1, 0.15) is 26.3 Å². The van der Waals surface area contributed by atoms with Crippen LogP contribution in [0, 0.1) is 0 Å². The predicted molar refractivity (Wildman–Crippen MR) is 91.2 cm³/mol. The Morgan fingerprint density at radius 3 is 2.24 bits per heavy atom. The first kappa shape index (κ1) is 20.0. The summed E-state index contributed by atoms with van der Waals surface area (Å²) >= 11 is 0.